The SMILES string of the molecule is CCC(OC)(OC)c1ccc(OC)cc1. The van der Waals surface area contributed by atoms with Crippen LogP contribution in [0, 0.1) is 0 Å². The van der Waals surface area contributed by atoms with E-state index in [1.54, 1.807) is 21.3 Å². The van der Waals surface area contributed by atoms with Gasteiger partial charge in [-0.15, -0.1) is 0 Å². The molecule has 0 spiro atoms. The molecule has 3 nitrogen and oxygen atoms in total. The lowest BCUT2D eigenvalue weighted by molar-refractivity contribution is -0.217. The van der Waals surface area contributed by atoms with Crippen molar-refractivity contribution in [1.29, 1.82) is 0 Å². The summed E-state index contributed by atoms with van der Waals surface area (Å²) in [6.45, 7) is 2.03. The quantitative estimate of drug-likeness (QED) is 0.699. The van der Waals surface area contributed by atoms with E-state index in [1.165, 1.54) is 0 Å². The standard InChI is InChI=1S/C12H18O3/c1-5-12(14-3,15-4)10-6-8-11(13-2)9-7-10/h6-9H,5H2,1-4H3. The van der Waals surface area contributed by atoms with E-state index < -0.39 is 5.79 Å². The predicted octanol–water partition coefficient (Wildman–Crippen LogP) is 2.55. The van der Waals surface area contributed by atoms with E-state index in [9.17, 15) is 0 Å². The Hall–Kier alpha value is -1.06. The van der Waals surface area contributed by atoms with Gasteiger partial charge in [0.2, 0.25) is 0 Å². The molecule has 0 amide bonds. The van der Waals surface area contributed by atoms with Crippen LogP contribution >= 0.6 is 0 Å². The van der Waals surface area contributed by atoms with Gasteiger partial charge in [0.15, 0.2) is 5.79 Å². The second-order valence-corrected chi connectivity index (χ2v) is 3.24. The van der Waals surface area contributed by atoms with E-state index in [4.69, 9.17) is 14.2 Å². The van der Waals surface area contributed by atoms with Crippen LogP contribution in [0.4, 0.5) is 0 Å². The van der Waals surface area contributed by atoms with Crippen molar-refractivity contribution >= 4 is 0 Å². The summed E-state index contributed by atoms with van der Waals surface area (Å²) in [6, 6.07) is 7.71. The van der Waals surface area contributed by atoms with Gasteiger partial charge < -0.3 is 14.2 Å². The molecule has 0 unspecified atom stereocenters. The Morgan fingerprint density at radius 3 is 1.87 bits per heavy atom. The lowest BCUT2D eigenvalue weighted by atomic mass is 10.0. The largest absolute Gasteiger partial charge is 0.497 e. The van der Waals surface area contributed by atoms with Gasteiger partial charge in [-0.05, 0) is 24.3 Å². The van der Waals surface area contributed by atoms with Crippen LogP contribution in [-0.2, 0) is 15.3 Å². The molecule has 0 aromatic heterocycles. The predicted molar refractivity (Wildman–Crippen MR) is 59.0 cm³/mol. The summed E-state index contributed by atoms with van der Waals surface area (Å²) in [7, 11) is 4.95. The van der Waals surface area contributed by atoms with Crippen LogP contribution in [0.2, 0.25) is 0 Å². The van der Waals surface area contributed by atoms with E-state index >= 15 is 0 Å². The molecule has 1 rings (SSSR count). The van der Waals surface area contributed by atoms with Crippen molar-refractivity contribution in [2.75, 3.05) is 21.3 Å². The fraction of sp³-hybridized carbons (Fsp3) is 0.500. The second kappa shape index (κ2) is 5.14. The van der Waals surface area contributed by atoms with Crippen LogP contribution in [0.15, 0.2) is 24.3 Å². The normalized spacial score (nSPS) is 11.5. The fourth-order valence-electron chi connectivity index (χ4n) is 1.66. The Balaban J connectivity index is 3.01. The molecular formula is C12H18O3. The number of methoxy groups -OCH3 is 3. The average molecular weight is 210 g/mol. The van der Waals surface area contributed by atoms with Gasteiger partial charge in [0, 0.05) is 26.2 Å². The fourth-order valence-corrected chi connectivity index (χ4v) is 1.66. The maximum atomic E-state index is 5.43. The Bertz CT molecular complexity index is 280. The first kappa shape index (κ1) is 12.0. The van der Waals surface area contributed by atoms with Crippen LogP contribution in [0.5, 0.6) is 5.75 Å². The second-order valence-electron chi connectivity index (χ2n) is 3.24. The molecule has 1 aromatic rings. The zero-order valence-electron chi connectivity index (χ0n) is 9.74. The minimum Gasteiger partial charge on any atom is -0.497 e. The topological polar surface area (TPSA) is 27.7 Å². The van der Waals surface area contributed by atoms with Crippen molar-refractivity contribution in [2.45, 2.75) is 19.1 Å². The summed E-state index contributed by atoms with van der Waals surface area (Å²) >= 11 is 0. The molecule has 0 aliphatic heterocycles. The van der Waals surface area contributed by atoms with E-state index in [0.29, 0.717) is 0 Å². The minimum absolute atomic E-state index is 0.647. The number of hydrogen-bond acceptors (Lipinski definition) is 3. The highest BCUT2D eigenvalue weighted by Crippen LogP contribution is 2.30. The third-order valence-corrected chi connectivity index (χ3v) is 2.65. The van der Waals surface area contributed by atoms with Crippen LogP contribution in [0.1, 0.15) is 18.9 Å². The van der Waals surface area contributed by atoms with Crippen LogP contribution in [0.3, 0.4) is 0 Å². The molecular weight excluding hydrogens is 192 g/mol. The third kappa shape index (κ3) is 2.30. The number of ether oxygens (including phenoxy) is 3. The molecule has 15 heavy (non-hydrogen) atoms. The van der Waals surface area contributed by atoms with Gasteiger partial charge in [-0.2, -0.15) is 0 Å². The van der Waals surface area contributed by atoms with Crippen LogP contribution in [-0.4, -0.2) is 21.3 Å². The lowest BCUT2D eigenvalue weighted by Crippen LogP contribution is -2.29. The van der Waals surface area contributed by atoms with Gasteiger partial charge in [0.05, 0.1) is 7.11 Å². The van der Waals surface area contributed by atoms with E-state index in [1.807, 2.05) is 31.2 Å². The summed E-state index contributed by atoms with van der Waals surface area (Å²) in [5.41, 5.74) is 0.996. The maximum Gasteiger partial charge on any atom is 0.193 e. The molecule has 3 heteroatoms. The van der Waals surface area contributed by atoms with Crippen molar-refractivity contribution in [2.24, 2.45) is 0 Å². The average Bonchev–Trinajstić information content (AvgIpc) is 2.33. The molecule has 0 bridgehead atoms. The summed E-state index contributed by atoms with van der Waals surface area (Å²) in [5.74, 6) is 0.183. The van der Waals surface area contributed by atoms with Gasteiger partial charge >= 0.3 is 0 Å². The highest BCUT2D eigenvalue weighted by atomic mass is 16.7. The first-order chi connectivity index (χ1) is 7.22. The van der Waals surface area contributed by atoms with Gasteiger partial charge in [-0.25, -0.2) is 0 Å². The number of rotatable bonds is 5. The minimum atomic E-state index is -0.647. The highest BCUT2D eigenvalue weighted by Gasteiger charge is 2.29. The molecule has 0 radical (unpaired) electrons. The van der Waals surface area contributed by atoms with E-state index in [-0.39, 0.29) is 0 Å². The first-order valence-corrected chi connectivity index (χ1v) is 4.97. The van der Waals surface area contributed by atoms with Crippen molar-refractivity contribution in [3.05, 3.63) is 29.8 Å². The smallest absolute Gasteiger partial charge is 0.193 e. The zero-order chi connectivity index (χ0) is 11.3. The molecule has 0 saturated heterocycles. The van der Waals surface area contributed by atoms with Crippen molar-refractivity contribution in [3.63, 3.8) is 0 Å². The lowest BCUT2D eigenvalue weighted by Gasteiger charge is -2.30. The summed E-state index contributed by atoms with van der Waals surface area (Å²) in [5, 5.41) is 0. The third-order valence-electron chi connectivity index (χ3n) is 2.65. The molecule has 0 heterocycles. The van der Waals surface area contributed by atoms with Gasteiger partial charge in [-0.1, -0.05) is 6.92 Å². The van der Waals surface area contributed by atoms with Gasteiger partial charge in [0.1, 0.15) is 5.75 Å². The Labute approximate surface area is 91.0 Å². The van der Waals surface area contributed by atoms with Gasteiger partial charge in [0.25, 0.3) is 0 Å². The Morgan fingerprint density at radius 2 is 1.53 bits per heavy atom. The first-order valence-electron chi connectivity index (χ1n) is 4.97. The monoisotopic (exact) mass is 210 g/mol. The summed E-state index contributed by atoms with van der Waals surface area (Å²) in [4.78, 5) is 0. The molecule has 0 aliphatic carbocycles. The van der Waals surface area contributed by atoms with E-state index in [0.717, 1.165) is 17.7 Å². The highest BCUT2D eigenvalue weighted by molar-refractivity contribution is 5.29. The molecule has 84 valence electrons. The summed E-state index contributed by atoms with van der Waals surface area (Å²) in [6.07, 6.45) is 0.756. The Morgan fingerprint density at radius 1 is 1.00 bits per heavy atom. The molecule has 0 fully saturated rings. The maximum absolute atomic E-state index is 5.43. The number of benzene rings is 1. The zero-order valence-corrected chi connectivity index (χ0v) is 9.74. The van der Waals surface area contributed by atoms with Crippen LogP contribution in [0.25, 0.3) is 0 Å². The van der Waals surface area contributed by atoms with Gasteiger partial charge in [-0.3, -0.25) is 0 Å². The van der Waals surface area contributed by atoms with Crippen molar-refractivity contribution in [3.8, 4) is 5.75 Å². The van der Waals surface area contributed by atoms with Crippen molar-refractivity contribution in [1.82, 2.24) is 0 Å². The molecule has 0 aliphatic rings. The molecule has 0 atom stereocenters. The van der Waals surface area contributed by atoms with Crippen molar-refractivity contribution < 1.29 is 14.2 Å². The number of hydrogen-bond donors (Lipinski definition) is 0. The Kier molecular flexibility index (Phi) is 4.12. The summed E-state index contributed by atoms with van der Waals surface area (Å²) < 4.78 is 16.0. The van der Waals surface area contributed by atoms with E-state index in [2.05, 4.69) is 0 Å². The molecule has 1 aromatic carbocycles. The van der Waals surface area contributed by atoms with Crippen LogP contribution < -0.4 is 4.74 Å². The molecule has 0 N–H and O–H groups in total. The molecule has 0 saturated carbocycles.